The van der Waals surface area contributed by atoms with E-state index in [1.54, 1.807) is 4.68 Å². The molecule has 7 nitrogen and oxygen atoms in total. The molecule has 0 saturated carbocycles. The van der Waals surface area contributed by atoms with Crippen LogP contribution in [-0.4, -0.2) is 19.7 Å². The Labute approximate surface area is 136 Å². The first-order chi connectivity index (χ1) is 11.6. The topological polar surface area (TPSA) is 113 Å². The van der Waals surface area contributed by atoms with Crippen LogP contribution in [0.5, 0.6) is 0 Å². The van der Waals surface area contributed by atoms with Crippen molar-refractivity contribution in [3.05, 3.63) is 58.0 Å². The summed E-state index contributed by atoms with van der Waals surface area (Å²) in [6.45, 7) is 1.88. The quantitative estimate of drug-likeness (QED) is 0.557. The van der Waals surface area contributed by atoms with Crippen molar-refractivity contribution >= 4 is 27.8 Å². The molecule has 0 aliphatic carbocycles. The van der Waals surface area contributed by atoms with E-state index in [0.717, 1.165) is 16.8 Å². The van der Waals surface area contributed by atoms with Gasteiger partial charge >= 0.3 is 0 Å². The summed E-state index contributed by atoms with van der Waals surface area (Å²) in [4.78, 5) is 19.0. The molecule has 3 N–H and O–H groups in total. The normalized spacial score (nSPS) is 11.0. The van der Waals surface area contributed by atoms with Gasteiger partial charge in [0.2, 0.25) is 0 Å². The average Bonchev–Trinajstić information content (AvgIpc) is 2.91. The standard InChI is InChI=1S/C17H12N6O/c1-9-11-7-12-14(13(8-18)17(24)21-15(12)19)20-16(11)23(22-9)10-5-3-2-4-6-10/h2-7H,1H3,(H3,19,21,24). The SMILES string of the molecule is Cc1nn(-c2ccccc2)c2nc3c(C#N)c(=O)[nH]c(N)c3cc12. The summed E-state index contributed by atoms with van der Waals surface area (Å²) in [5.74, 6) is 0.190. The molecule has 3 heterocycles. The molecule has 7 heteroatoms. The molecule has 0 fully saturated rings. The van der Waals surface area contributed by atoms with Gasteiger partial charge in [-0.05, 0) is 25.1 Å². The number of aryl methyl sites for hydroxylation is 1. The number of nitrogen functional groups attached to an aromatic ring is 1. The maximum atomic E-state index is 12.0. The Morgan fingerprint density at radius 1 is 1.25 bits per heavy atom. The number of rotatable bonds is 1. The first-order valence-corrected chi connectivity index (χ1v) is 7.27. The summed E-state index contributed by atoms with van der Waals surface area (Å²) in [6.07, 6.45) is 0. The lowest BCUT2D eigenvalue weighted by Gasteiger charge is -2.06. The predicted octanol–water partition coefficient (Wildman–Crippen LogP) is 2.02. The predicted molar refractivity (Wildman–Crippen MR) is 90.9 cm³/mol. The zero-order chi connectivity index (χ0) is 16.8. The maximum Gasteiger partial charge on any atom is 0.269 e. The van der Waals surface area contributed by atoms with Crippen molar-refractivity contribution in [2.45, 2.75) is 6.92 Å². The van der Waals surface area contributed by atoms with Crippen LogP contribution in [-0.2, 0) is 0 Å². The number of H-pyrrole nitrogens is 1. The molecule has 0 unspecified atom stereocenters. The Bertz CT molecular complexity index is 1200. The Balaban J connectivity index is 2.19. The van der Waals surface area contributed by atoms with E-state index in [-0.39, 0.29) is 16.9 Å². The Morgan fingerprint density at radius 2 is 2.00 bits per heavy atom. The highest BCUT2D eigenvalue weighted by Crippen LogP contribution is 2.27. The zero-order valence-electron chi connectivity index (χ0n) is 12.7. The molecule has 116 valence electrons. The lowest BCUT2D eigenvalue weighted by molar-refractivity contribution is 0.879. The largest absolute Gasteiger partial charge is 0.385 e. The molecular weight excluding hydrogens is 304 g/mol. The van der Waals surface area contributed by atoms with Crippen LogP contribution in [0.1, 0.15) is 11.3 Å². The van der Waals surface area contributed by atoms with Crippen molar-refractivity contribution in [3.63, 3.8) is 0 Å². The van der Waals surface area contributed by atoms with E-state index in [4.69, 9.17) is 5.73 Å². The number of nitrogens with one attached hydrogen (secondary N) is 1. The Morgan fingerprint density at radius 3 is 2.71 bits per heavy atom. The van der Waals surface area contributed by atoms with Crippen molar-refractivity contribution in [1.82, 2.24) is 19.7 Å². The van der Waals surface area contributed by atoms with E-state index in [2.05, 4.69) is 15.1 Å². The van der Waals surface area contributed by atoms with E-state index in [1.165, 1.54) is 0 Å². The highest BCUT2D eigenvalue weighted by atomic mass is 16.1. The summed E-state index contributed by atoms with van der Waals surface area (Å²) in [5.41, 5.74) is 7.80. The molecule has 4 aromatic rings. The van der Waals surface area contributed by atoms with Crippen LogP contribution >= 0.6 is 0 Å². The van der Waals surface area contributed by atoms with Crippen molar-refractivity contribution in [1.29, 1.82) is 5.26 Å². The summed E-state index contributed by atoms with van der Waals surface area (Å²) >= 11 is 0. The molecule has 0 aliphatic heterocycles. The number of benzene rings is 1. The summed E-state index contributed by atoms with van der Waals surface area (Å²) < 4.78 is 1.70. The average molecular weight is 316 g/mol. The fourth-order valence-corrected chi connectivity index (χ4v) is 2.79. The third kappa shape index (κ3) is 1.87. The lowest BCUT2D eigenvalue weighted by Crippen LogP contribution is -2.14. The monoisotopic (exact) mass is 316 g/mol. The van der Waals surface area contributed by atoms with E-state index < -0.39 is 5.56 Å². The van der Waals surface area contributed by atoms with Crippen molar-refractivity contribution in [2.24, 2.45) is 0 Å². The van der Waals surface area contributed by atoms with Crippen LogP contribution in [0.2, 0.25) is 0 Å². The lowest BCUT2D eigenvalue weighted by atomic mass is 10.1. The molecule has 0 saturated heterocycles. The van der Waals surface area contributed by atoms with Gasteiger partial charge in [0.1, 0.15) is 17.5 Å². The molecule has 24 heavy (non-hydrogen) atoms. The molecular formula is C17H12N6O. The zero-order valence-corrected chi connectivity index (χ0v) is 12.7. The van der Waals surface area contributed by atoms with Gasteiger partial charge in [-0.2, -0.15) is 10.4 Å². The van der Waals surface area contributed by atoms with E-state index >= 15 is 0 Å². The van der Waals surface area contributed by atoms with Gasteiger partial charge in [-0.3, -0.25) is 4.79 Å². The summed E-state index contributed by atoms with van der Waals surface area (Å²) in [5, 5.41) is 15.2. The molecule has 3 aromatic heterocycles. The number of aromatic nitrogens is 4. The highest BCUT2D eigenvalue weighted by Gasteiger charge is 2.16. The smallest absolute Gasteiger partial charge is 0.269 e. The highest BCUT2D eigenvalue weighted by molar-refractivity contribution is 5.99. The first kappa shape index (κ1) is 14.0. The number of para-hydroxylation sites is 1. The van der Waals surface area contributed by atoms with Gasteiger partial charge in [0.05, 0.1) is 16.9 Å². The second-order valence-corrected chi connectivity index (χ2v) is 5.44. The number of anilines is 1. The molecule has 4 rings (SSSR count). The van der Waals surface area contributed by atoms with Crippen LogP contribution in [0.3, 0.4) is 0 Å². The third-order valence-electron chi connectivity index (χ3n) is 3.96. The molecule has 0 atom stereocenters. The van der Waals surface area contributed by atoms with Gasteiger partial charge in [0.15, 0.2) is 5.65 Å². The molecule has 0 amide bonds. The second-order valence-electron chi connectivity index (χ2n) is 5.44. The van der Waals surface area contributed by atoms with Gasteiger partial charge in [-0.15, -0.1) is 0 Å². The molecule has 0 spiro atoms. The minimum atomic E-state index is -0.545. The third-order valence-corrected chi connectivity index (χ3v) is 3.96. The van der Waals surface area contributed by atoms with Crippen molar-refractivity contribution in [2.75, 3.05) is 5.73 Å². The first-order valence-electron chi connectivity index (χ1n) is 7.27. The van der Waals surface area contributed by atoms with Gasteiger partial charge in [0.25, 0.3) is 5.56 Å². The van der Waals surface area contributed by atoms with E-state index in [1.807, 2.05) is 49.4 Å². The van der Waals surface area contributed by atoms with Crippen LogP contribution in [0, 0.1) is 18.3 Å². The number of nitriles is 1. The Hall–Kier alpha value is -3.66. The second kappa shape index (κ2) is 4.93. The number of hydrogen-bond donors (Lipinski definition) is 2. The van der Waals surface area contributed by atoms with Crippen molar-refractivity contribution in [3.8, 4) is 11.8 Å². The molecule has 1 aromatic carbocycles. The fraction of sp³-hybridized carbons (Fsp3) is 0.0588. The summed E-state index contributed by atoms with van der Waals surface area (Å²) in [7, 11) is 0. The number of nitrogens with two attached hydrogens (primary N) is 1. The number of fused-ring (bicyclic) bond motifs is 2. The van der Waals surface area contributed by atoms with Gasteiger partial charge in [0, 0.05) is 10.8 Å². The van der Waals surface area contributed by atoms with Crippen molar-refractivity contribution < 1.29 is 0 Å². The fourth-order valence-electron chi connectivity index (χ4n) is 2.79. The maximum absolute atomic E-state index is 12.0. The number of pyridine rings is 2. The van der Waals surface area contributed by atoms with Gasteiger partial charge in [-0.1, -0.05) is 18.2 Å². The van der Waals surface area contributed by atoms with Crippen LogP contribution < -0.4 is 11.3 Å². The number of hydrogen-bond acceptors (Lipinski definition) is 5. The molecule has 0 radical (unpaired) electrons. The van der Waals surface area contributed by atoms with Gasteiger partial charge in [-0.25, -0.2) is 9.67 Å². The van der Waals surface area contributed by atoms with E-state index in [0.29, 0.717) is 11.0 Å². The van der Waals surface area contributed by atoms with Gasteiger partial charge < -0.3 is 10.7 Å². The molecule has 0 aliphatic rings. The summed E-state index contributed by atoms with van der Waals surface area (Å²) in [6, 6.07) is 13.3. The Kier molecular flexibility index (Phi) is 2.87. The molecule has 0 bridgehead atoms. The van der Waals surface area contributed by atoms with E-state index in [9.17, 15) is 10.1 Å². The van der Waals surface area contributed by atoms with Crippen LogP contribution in [0.25, 0.3) is 27.6 Å². The number of aromatic amines is 1. The minimum absolute atomic E-state index is 0.0560. The van der Waals surface area contributed by atoms with Crippen LogP contribution in [0.15, 0.2) is 41.2 Å². The number of nitrogens with zero attached hydrogens (tertiary/aromatic N) is 4. The minimum Gasteiger partial charge on any atom is -0.385 e. The van der Waals surface area contributed by atoms with Crippen LogP contribution in [0.4, 0.5) is 5.82 Å².